The first-order valence-electron chi connectivity index (χ1n) is 7.11. The summed E-state index contributed by atoms with van der Waals surface area (Å²) in [5.41, 5.74) is 1.61. The summed E-state index contributed by atoms with van der Waals surface area (Å²) >= 11 is 0. The summed E-state index contributed by atoms with van der Waals surface area (Å²) in [5.74, 6) is -0.228. The first kappa shape index (κ1) is 15.6. The van der Waals surface area contributed by atoms with E-state index in [0.717, 1.165) is 12.8 Å². The second-order valence-corrected chi connectivity index (χ2v) is 4.98. The number of nitrogens with zero attached hydrogens (tertiary/aromatic N) is 2. The minimum absolute atomic E-state index is 0.0469. The van der Waals surface area contributed by atoms with Gasteiger partial charge in [0.1, 0.15) is 0 Å². The first-order chi connectivity index (χ1) is 10.6. The van der Waals surface area contributed by atoms with Gasteiger partial charge in [-0.2, -0.15) is 4.57 Å². The van der Waals surface area contributed by atoms with Gasteiger partial charge in [0.05, 0.1) is 4.92 Å². The van der Waals surface area contributed by atoms with Crippen LogP contribution in [0.2, 0.25) is 0 Å². The highest BCUT2D eigenvalue weighted by Crippen LogP contribution is 2.16. The molecule has 1 N–H and O–H groups in total. The van der Waals surface area contributed by atoms with Crippen LogP contribution in [0.4, 0.5) is 11.4 Å². The predicted octanol–water partition coefficient (Wildman–Crippen LogP) is 2.47. The maximum absolute atomic E-state index is 12.0. The minimum Gasteiger partial charge on any atom is -0.320 e. The molecule has 1 heterocycles. The van der Waals surface area contributed by atoms with Crippen molar-refractivity contribution >= 4 is 17.3 Å². The highest BCUT2D eigenvalue weighted by Gasteiger charge is 2.12. The van der Waals surface area contributed by atoms with Gasteiger partial charge >= 0.3 is 0 Å². The van der Waals surface area contributed by atoms with E-state index in [4.69, 9.17) is 0 Å². The van der Waals surface area contributed by atoms with E-state index < -0.39 is 4.92 Å². The van der Waals surface area contributed by atoms with Gasteiger partial charge in [-0.25, -0.2) is 0 Å². The van der Waals surface area contributed by atoms with Crippen molar-refractivity contribution in [3.63, 3.8) is 0 Å². The third-order valence-corrected chi connectivity index (χ3v) is 3.17. The Balaban J connectivity index is 1.97. The van der Waals surface area contributed by atoms with Crippen LogP contribution in [0, 0.1) is 10.1 Å². The van der Waals surface area contributed by atoms with E-state index in [0.29, 0.717) is 5.69 Å². The van der Waals surface area contributed by atoms with Crippen molar-refractivity contribution in [1.29, 1.82) is 0 Å². The van der Waals surface area contributed by atoms with Gasteiger partial charge in [-0.15, -0.1) is 0 Å². The van der Waals surface area contributed by atoms with Crippen LogP contribution in [0.5, 0.6) is 0 Å². The number of anilines is 1. The van der Waals surface area contributed by atoms with Gasteiger partial charge in [-0.3, -0.25) is 14.9 Å². The molecular weight excluding hydrogens is 282 g/mol. The van der Waals surface area contributed by atoms with Crippen molar-refractivity contribution in [3.05, 3.63) is 64.5 Å². The van der Waals surface area contributed by atoms with Gasteiger partial charge in [-0.1, -0.05) is 19.4 Å². The molecule has 0 bridgehead atoms. The van der Waals surface area contributed by atoms with Crippen LogP contribution < -0.4 is 9.88 Å². The van der Waals surface area contributed by atoms with Crippen LogP contribution in [0.25, 0.3) is 0 Å². The number of hydrogen-bond acceptors (Lipinski definition) is 3. The lowest BCUT2D eigenvalue weighted by Crippen LogP contribution is -2.39. The number of non-ortho nitro benzene ring substituents is 1. The third-order valence-electron chi connectivity index (χ3n) is 3.17. The molecule has 0 atom stereocenters. The van der Waals surface area contributed by atoms with Gasteiger partial charge in [0.2, 0.25) is 6.54 Å². The molecule has 0 aliphatic rings. The number of rotatable bonds is 6. The number of carbonyl (C=O) groups is 1. The molecule has 1 amide bonds. The molecule has 6 heteroatoms. The zero-order valence-corrected chi connectivity index (χ0v) is 12.4. The molecule has 22 heavy (non-hydrogen) atoms. The van der Waals surface area contributed by atoms with Crippen LogP contribution in [-0.4, -0.2) is 10.8 Å². The monoisotopic (exact) mass is 300 g/mol. The number of benzene rings is 1. The number of nitro groups is 1. The average molecular weight is 300 g/mol. The maximum Gasteiger partial charge on any atom is 0.290 e. The summed E-state index contributed by atoms with van der Waals surface area (Å²) < 4.78 is 1.77. The van der Waals surface area contributed by atoms with E-state index in [9.17, 15) is 14.9 Å². The number of pyridine rings is 1. The van der Waals surface area contributed by atoms with Crippen LogP contribution in [0.1, 0.15) is 18.9 Å². The zero-order chi connectivity index (χ0) is 15.9. The molecule has 114 valence electrons. The largest absolute Gasteiger partial charge is 0.320 e. The lowest BCUT2D eigenvalue weighted by atomic mass is 10.2. The highest BCUT2D eigenvalue weighted by molar-refractivity contribution is 5.89. The van der Waals surface area contributed by atoms with E-state index >= 15 is 0 Å². The fourth-order valence-electron chi connectivity index (χ4n) is 2.11. The summed E-state index contributed by atoms with van der Waals surface area (Å²) in [6.45, 7) is 2.28. The van der Waals surface area contributed by atoms with Gasteiger partial charge in [-0.05, 0) is 18.1 Å². The topological polar surface area (TPSA) is 76.1 Å². The summed E-state index contributed by atoms with van der Waals surface area (Å²) in [6.07, 6.45) is 5.81. The Hall–Kier alpha value is -2.76. The number of aryl methyl sites for hydroxylation is 1. The van der Waals surface area contributed by atoms with Gasteiger partial charge in [0, 0.05) is 30.0 Å². The Morgan fingerprint density at radius 3 is 2.64 bits per heavy atom. The van der Waals surface area contributed by atoms with Crippen molar-refractivity contribution in [2.45, 2.75) is 26.3 Å². The second-order valence-electron chi connectivity index (χ2n) is 4.98. The smallest absolute Gasteiger partial charge is 0.290 e. The molecule has 2 rings (SSSR count). The summed E-state index contributed by atoms with van der Waals surface area (Å²) in [5, 5.41) is 13.4. The Labute approximate surface area is 128 Å². The predicted molar refractivity (Wildman–Crippen MR) is 82.4 cm³/mol. The van der Waals surface area contributed by atoms with Crippen LogP contribution in [-0.2, 0) is 17.8 Å². The Morgan fingerprint density at radius 2 is 2.00 bits per heavy atom. The maximum atomic E-state index is 12.0. The standard InChI is InChI=1S/C16H17N3O3/c1-2-4-13-7-9-18(10-8-13)12-16(20)17-14-5-3-6-15(11-14)19(21)22/h3,5-11H,2,4,12H2,1H3/p+1. The Bertz CT molecular complexity index is 669. The van der Waals surface area contributed by atoms with Crippen LogP contribution in [0.3, 0.4) is 0 Å². The zero-order valence-electron chi connectivity index (χ0n) is 12.4. The number of amides is 1. The molecule has 0 unspecified atom stereocenters. The molecule has 0 radical (unpaired) electrons. The lowest BCUT2D eigenvalue weighted by Gasteiger charge is -2.03. The normalized spacial score (nSPS) is 10.2. The molecule has 0 aliphatic carbocycles. The molecule has 0 saturated carbocycles. The van der Waals surface area contributed by atoms with E-state index in [2.05, 4.69) is 12.2 Å². The molecule has 0 fully saturated rings. The third kappa shape index (κ3) is 4.37. The molecule has 6 nitrogen and oxygen atoms in total. The minimum atomic E-state index is -0.489. The van der Waals surface area contributed by atoms with Crippen molar-refractivity contribution in [1.82, 2.24) is 0 Å². The van der Waals surface area contributed by atoms with E-state index in [1.54, 1.807) is 16.7 Å². The first-order valence-corrected chi connectivity index (χ1v) is 7.11. The molecule has 1 aromatic carbocycles. The number of hydrogen-bond donors (Lipinski definition) is 1. The van der Waals surface area contributed by atoms with Crippen molar-refractivity contribution in [2.75, 3.05) is 5.32 Å². The van der Waals surface area contributed by atoms with Crippen molar-refractivity contribution < 1.29 is 14.3 Å². The SMILES string of the molecule is CCCc1cc[n+](CC(=O)Nc2cccc([N+](=O)[O-])c2)cc1. The fraction of sp³-hybridized carbons (Fsp3) is 0.250. The number of nitro benzene ring substituents is 1. The summed E-state index contributed by atoms with van der Waals surface area (Å²) in [6, 6.07) is 9.87. The molecule has 0 spiro atoms. The quantitative estimate of drug-likeness (QED) is 0.506. The van der Waals surface area contributed by atoms with E-state index in [1.807, 2.05) is 24.5 Å². The number of aromatic nitrogens is 1. The summed E-state index contributed by atoms with van der Waals surface area (Å²) in [7, 11) is 0. The number of nitrogens with one attached hydrogen (secondary N) is 1. The van der Waals surface area contributed by atoms with Crippen molar-refractivity contribution in [2.24, 2.45) is 0 Å². The summed E-state index contributed by atoms with van der Waals surface area (Å²) in [4.78, 5) is 22.2. The average Bonchev–Trinajstić information content (AvgIpc) is 2.49. The van der Waals surface area contributed by atoms with Gasteiger partial charge in [0.25, 0.3) is 11.6 Å². The Morgan fingerprint density at radius 1 is 1.27 bits per heavy atom. The molecule has 1 aromatic heterocycles. The molecule has 0 saturated heterocycles. The lowest BCUT2D eigenvalue weighted by molar-refractivity contribution is -0.684. The van der Waals surface area contributed by atoms with E-state index in [-0.39, 0.29) is 18.1 Å². The second kappa shape index (κ2) is 7.31. The molecular formula is C16H18N3O3+. The van der Waals surface area contributed by atoms with Crippen LogP contribution in [0.15, 0.2) is 48.8 Å². The Kier molecular flexibility index (Phi) is 5.19. The number of carbonyl (C=O) groups excluding carboxylic acids is 1. The van der Waals surface area contributed by atoms with Crippen LogP contribution >= 0.6 is 0 Å². The van der Waals surface area contributed by atoms with Gasteiger partial charge < -0.3 is 5.32 Å². The van der Waals surface area contributed by atoms with E-state index in [1.165, 1.54) is 17.7 Å². The molecule has 2 aromatic rings. The fourth-order valence-corrected chi connectivity index (χ4v) is 2.11. The highest BCUT2D eigenvalue weighted by atomic mass is 16.6. The van der Waals surface area contributed by atoms with Crippen molar-refractivity contribution in [3.8, 4) is 0 Å². The van der Waals surface area contributed by atoms with Gasteiger partial charge in [0.15, 0.2) is 12.4 Å². The molecule has 0 aliphatic heterocycles.